The molecule has 0 bridgehead atoms. The Morgan fingerprint density at radius 1 is 1.83 bits per heavy atom. The Morgan fingerprint density at radius 3 is 3.00 bits per heavy atom. The highest BCUT2D eigenvalue weighted by Crippen LogP contribution is 2.05. The Hall–Kier alpha value is -1.50. The smallest absolute Gasteiger partial charge is 0.200 e. The van der Waals surface area contributed by atoms with Crippen LogP contribution in [0.1, 0.15) is 5.82 Å². The molecule has 1 aromatic heterocycles. The number of nitrogens with zero attached hydrogens (tertiary/aromatic N) is 3. The van der Waals surface area contributed by atoms with Crippen molar-refractivity contribution in [3.05, 3.63) is 5.82 Å². The first-order valence-electron chi connectivity index (χ1n) is 2.94. The van der Waals surface area contributed by atoms with Crippen LogP contribution in [0.5, 0.6) is 0 Å². The normalized spacial score (nSPS) is 11.2. The number of hydrogen-bond donors (Lipinski definition) is 1. The van der Waals surface area contributed by atoms with Crippen LogP contribution in [0, 0.1) is 0 Å². The lowest BCUT2D eigenvalue weighted by Crippen LogP contribution is -2.05. The van der Waals surface area contributed by atoms with Crippen molar-refractivity contribution in [2.75, 3.05) is 12.8 Å². The number of rotatable bonds is 3. The van der Waals surface area contributed by atoms with Crippen LogP contribution < -0.4 is 5.73 Å². The van der Waals surface area contributed by atoms with Crippen LogP contribution >= 0.6 is 11.5 Å². The van der Waals surface area contributed by atoms with Crippen LogP contribution in [-0.4, -0.2) is 28.5 Å². The summed E-state index contributed by atoms with van der Waals surface area (Å²) in [7, 11) is 1.33. The van der Waals surface area contributed by atoms with E-state index in [4.69, 9.17) is 5.73 Å². The zero-order chi connectivity index (χ0) is 8.97. The van der Waals surface area contributed by atoms with E-state index in [1.165, 1.54) is 7.11 Å². The Kier molecular flexibility index (Phi) is 2.70. The Bertz CT molecular complexity index is 308. The number of carbonyl (C=O) groups is 1. The maximum Gasteiger partial charge on any atom is 0.200 e. The molecule has 0 atom stereocenters. The van der Waals surface area contributed by atoms with E-state index in [2.05, 4.69) is 19.4 Å². The Morgan fingerprint density at radius 2 is 2.58 bits per heavy atom. The van der Waals surface area contributed by atoms with Gasteiger partial charge in [-0.3, -0.25) is 4.79 Å². The quantitative estimate of drug-likeness (QED) is 0.396. The summed E-state index contributed by atoms with van der Waals surface area (Å²) in [4.78, 5) is 18.5. The maximum atomic E-state index is 10.4. The fourth-order valence-corrected chi connectivity index (χ4v) is 0.994. The van der Waals surface area contributed by atoms with Gasteiger partial charge in [-0.05, 0) is 0 Å². The Balaban J connectivity index is 2.94. The number of carbonyl (C=O) groups excluding carboxylic acids is 1. The van der Waals surface area contributed by atoms with Crippen molar-refractivity contribution in [3.63, 3.8) is 0 Å². The molecule has 0 aliphatic carbocycles. The van der Waals surface area contributed by atoms with E-state index >= 15 is 0 Å². The highest BCUT2D eigenvalue weighted by Gasteiger charge is 2.08. The van der Waals surface area contributed by atoms with Crippen molar-refractivity contribution in [1.82, 2.24) is 9.36 Å². The average Bonchev–Trinajstić information content (AvgIpc) is 2.47. The molecule has 1 aromatic rings. The summed E-state index contributed by atoms with van der Waals surface area (Å²) in [6.45, 7) is 0. The van der Waals surface area contributed by atoms with Gasteiger partial charge in [-0.25, -0.2) is 0 Å². The first-order valence-corrected chi connectivity index (χ1v) is 3.71. The molecule has 0 saturated heterocycles. The molecule has 12 heavy (non-hydrogen) atoms. The van der Waals surface area contributed by atoms with Gasteiger partial charge in [0, 0.05) is 11.5 Å². The van der Waals surface area contributed by atoms with Crippen LogP contribution in [-0.2, 0) is 9.63 Å². The first-order chi connectivity index (χ1) is 5.77. The van der Waals surface area contributed by atoms with Gasteiger partial charge in [0.1, 0.15) is 7.11 Å². The summed E-state index contributed by atoms with van der Waals surface area (Å²) in [6, 6.07) is 0. The van der Waals surface area contributed by atoms with Crippen LogP contribution in [0.3, 0.4) is 0 Å². The zero-order valence-corrected chi connectivity index (χ0v) is 7.04. The van der Waals surface area contributed by atoms with E-state index in [0.29, 0.717) is 6.29 Å². The lowest BCUT2D eigenvalue weighted by Gasteiger charge is -1.89. The van der Waals surface area contributed by atoms with Crippen molar-refractivity contribution in [2.45, 2.75) is 0 Å². The Labute approximate surface area is 72.2 Å². The van der Waals surface area contributed by atoms with E-state index in [1.54, 1.807) is 0 Å². The molecule has 64 valence electrons. The molecule has 2 N–H and O–H groups in total. The second kappa shape index (κ2) is 3.77. The molecule has 0 aliphatic rings. The highest BCUT2D eigenvalue weighted by atomic mass is 32.1. The lowest BCUT2D eigenvalue weighted by molar-refractivity contribution is -0.102. The number of hydrogen-bond acceptors (Lipinski definition) is 7. The average molecular weight is 186 g/mol. The summed E-state index contributed by atoms with van der Waals surface area (Å²) in [5.41, 5.74) is 5.33. The second-order valence-corrected chi connectivity index (χ2v) is 2.52. The van der Waals surface area contributed by atoms with E-state index in [0.717, 1.165) is 11.5 Å². The molecule has 7 heteroatoms. The number of oxime groups is 1. The first kappa shape index (κ1) is 8.60. The number of nitrogen functional groups attached to an aromatic ring is 1. The van der Waals surface area contributed by atoms with Gasteiger partial charge in [0.05, 0.1) is 0 Å². The van der Waals surface area contributed by atoms with E-state index in [-0.39, 0.29) is 16.7 Å². The molecular weight excluding hydrogens is 180 g/mol. The molecule has 6 nitrogen and oxygen atoms in total. The fourth-order valence-electron chi connectivity index (χ4n) is 0.553. The van der Waals surface area contributed by atoms with Crippen molar-refractivity contribution < 1.29 is 9.63 Å². The fraction of sp³-hybridized carbons (Fsp3) is 0.200. The number of aromatic nitrogens is 2. The van der Waals surface area contributed by atoms with Crippen LogP contribution in [0.2, 0.25) is 0 Å². The lowest BCUT2D eigenvalue weighted by atomic mass is 10.4. The maximum absolute atomic E-state index is 10.4. The van der Waals surface area contributed by atoms with Gasteiger partial charge >= 0.3 is 0 Å². The van der Waals surface area contributed by atoms with Crippen LogP contribution in [0.25, 0.3) is 0 Å². The van der Waals surface area contributed by atoms with Gasteiger partial charge < -0.3 is 10.6 Å². The van der Waals surface area contributed by atoms with E-state index in [1.807, 2.05) is 0 Å². The minimum absolute atomic E-state index is 0.0328. The highest BCUT2D eigenvalue weighted by molar-refractivity contribution is 7.09. The van der Waals surface area contributed by atoms with Crippen LogP contribution in [0.15, 0.2) is 5.16 Å². The van der Waals surface area contributed by atoms with Crippen molar-refractivity contribution in [1.29, 1.82) is 0 Å². The molecule has 0 spiro atoms. The zero-order valence-electron chi connectivity index (χ0n) is 6.22. The second-order valence-electron chi connectivity index (χ2n) is 1.73. The third-order valence-electron chi connectivity index (χ3n) is 0.972. The van der Waals surface area contributed by atoms with Crippen molar-refractivity contribution in [2.24, 2.45) is 5.16 Å². The number of aldehydes is 1. The summed E-state index contributed by atoms with van der Waals surface area (Å²) < 4.78 is 3.77. The van der Waals surface area contributed by atoms with Crippen LogP contribution in [0.4, 0.5) is 5.13 Å². The van der Waals surface area contributed by atoms with Crippen molar-refractivity contribution in [3.8, 4) is 0 Å². The topological polar surface area (TPSA) is 90.5 Å². The molecule has 0 unspecified atom stereocenters. The molecule has 0 amide bonds. The standard InChI is InChI=1S/C5H6N4O2S/c1-11-8-3(2-10)4-7-5(6)12-9-4/h2H,1H3,(H2,6,7,9)/b8-3-. The molecule has 0 aromatic carbocycles. The summed E-state index contributed by atoms with van der Waals surface area (Å²) in [5.74, 6) is 0.189. The van der Waals surface area contributed by atoms with Gasteiger partial charge in [-0.2, -0.15) is 9.36 Å². The molecule has 0 radical (unpaired) electrons. The summed E-state index contributed by atoms with van der Waals surface area (Å²) >= 11 is 0.995. The SMILES string of the molecule is CO/N=C(/C=O)c1nsc(N)n1. The monoisotopic (exact) mass is 186 g/mol. The summed E-state index contributed by atoms with van der Waals surface area (Å²) in [6.07, 6.45) is 0.505. The predicted molar refractivity (Wildman–Crippen MR) is 43.9 cm³/mol. The number of nitrogens with two attached hydrogens (primary N) is 1. The molecule has 0 fully saturated rings. The molecule has 1 rings (SSSR count). The van der Waals surface area contributed by atoms with E-state index in [9.17, 15) is 4.79 Å². The van der Waals surface area contributed by atoms with Gasteiger partial charge in [-0.15, -0.1) is 0 Å². The van der Waals surface area contributed by atoms with Gasteiger partial charge in [0.2, 0.25) is 0 Å². The molecule has 1 heterocycles. The molecule has 0 aliphatic heterocycles. The molecular formula is C5H6N4O2S. The minimum atomic E-state index is 0.0328. The van der Waals surface area contributed by atoms with Gasteiger partial charge in [-0.1, -0.05) is 5.16 Å². The predicted octanol–water partition coefficient (Wildman–Crippen LogP) is -0.330. The molecule has 0 saturated carbocycles. The number of anilines is 1. The van der Waals surface area contributed by atoms with Crippen molar-refractivity contribution >= 4 is 28.7 Å². The minimum Gasteiger partial charge on any atom is -0.398 e. The third kappa shape index (κ3) is 1.76. The third-order valence-corrected chi connectivity index (χ3v) is 1.51. The summed E-state index contributed by atoms with van der Waals surface area (Å²) in [5, 5.41) is 3.69. The van der Waals surface area contributed by atoms with E-state index < -0.39 is 0 Å². The largest absolute Gasteiger partial charge is 0.398 e. The van der Waals surface area contributed by atoms with Gasteiger partial charge in [0.25, 0.3) is 0 Å². The van der Waals surface area contributed by atoms with Gasteiger partial charge in [0.15, 0.2) is 23.0 Å².